The smallest absolute Gasteiger partial charge is 0.240 e. The van der Waals surface area contributed by atoms with Crippen LogP contribution < -0.4 is 4.74 Å². The lowest BCUT2D eigenvalue weighted by atomic mass is 10.2. The summed E-state index contributed by atoms with van der Waals surface area (Å²) in [5.41, 5.74) is 1.03. The van der Waals surface area contributed by atoms with Crippen molar-refractivity contribution in [2.75, 3.05) is 13.2 Å². The Hall–Kier alpha value is -1.22. The minimum Gasteiger partial charge on any atom is -0.491 e. The molecule has 1 heterocycles. The molecule has 1 aromatic rings. The number of nitrogens with zero attached hydrogens (tertiary/aromatic N) is 1. The first-order valence-electron chi connectivity index (χ1n) is 5.32. The molecule has 1 aromatic carbocycles. The summed E-state index contributed by atoms with van der Waals surface area (Å²) < 4.78 is 5.57. The van der Waals surface area contributed by atoms with Crippen LogP contribution in [-0.2, 0) is 11.3 Å². The van der Waals surface area contributed by atoms with Crippen molar-refractivity contribution in [2.24, 2.45) is 0 Å². The van der Waals surface area contributed by atoms with E-state index in [0.717, 1.165) is 11.3 Å². The van der Waals surface area contributed by atoms with Gasteiger partial charge in [0.1, 0.15) is 17.7 Å². The molecule has 0 aliphatic carbocycles. The third kappa shape index (κ3) is 2.30. The fourth-order valence-electron chi connectivity index (χ4n) is 1.77. The molecule has 0 saturated carbocycles. The summed E-state index contributed by atoms with van der Waals surface area (Å²) in [7, 11) is 0. The highest BCUT2D eigenvalue weighted by molar-refractivity contribution is 6.30. The van der Waals surface area contributed by atoms with Gasteiger partial charge in [-0.3, -0.25) is 4.79 Å². The zero-order valence-corrected chi connectivity index (χ0v) is 9.91. The van der Waals surface area contributed by atoms with E-state index in [1.54, 1.807) is 11.8 Å². The van der Waals surface area contributed by atoms with Crippen LogP contribution in [0.3, 0.4) is 0 Å². The Labute approximate surface area is 100.0 Å². The van der Waals surface area contributed by atoms with Crippen LogP contribution in [-0.4, -0.2) is 29.3 Å². The molecule has 0 spiro atoms. The molecule has 86 valence electrons. The molecule has 16 heavy (non-hydrogen) atoms. The Morgan fingerprint density at radius 2 is 2.25 bits per heavy atom. The molecule has 1 aliphatic rings. The molecule has 1 atom stereocenters. The highest BCUT2D eigenvalue weighted by Crippen LogP contribution is 2.22. The van der Waals surface area contributed by atoms with Crippen molar-refractivity contribution < 1.29 is 9.53 Å². The summed E-state index contributed by atoms with van der Waals surface area (Å²) in [5, 5.41) is -0.481. The second-order valence-electron chi connectivity index (χ2n) is 3.83. The van der Waals surface area contributed by atoms with Gasteiger partial charge in [-0.1, -0.05) is 18.2 Å². The van der Waals surface area contributed by atoms with Gasteiger partial charge < -0.3 is 9.64 Å². The van der Waals surface area contributed by atoms with E-state index in [2.05, 4.69) is 0 Å². The van der Waals surface area contributed by atoms with E-state index in [4.69, 9.17) is 16.3 Å². The van der Waals surface area contributed by atoms with E-state index in [9.17, 15) is 4.79 Å². The molecule has 0 bridgehead atoms. The third-order valence-corrected chi connectivity index (χ3v) is 2.79. The van der Waals surface area contributed by atoms with Crippen molar-refractivity contribution >= 4 is 17.5 Å². The number of ether oxygens (including phenoxy) is 1. The second-order valence-corrected chi connectivity index (χ2v) is 4.49. The lowest BCUT2D eigenvalue weighted by Gasteiger charge is -2.20. The summed E-state index contributed by atoms with van der Waals surface area (Å²) >= 11 is 5.81. The van der Waals surface area contributed by atoms with Crippen LogP contribution in [0.2, 0.25) is 0 Å². The molecule has 0 aromatic heterocycles. The van der Waals surface area contributed by atoms with Gasteiger partial charge in [0.2, 0.25) is 5.91 Å². The highest BCUT2D eigenvalue weighted by atomic mass is 35.5. The Morgan fingerprint density at radius 3 is 3.00 bits per heavy atom. The van der Waals surface area contributed by atoms with Crippen molar-refractivity contribution in [1.29, 1.82) is 0 Å². The van der Waals surface area contributed by atoms with E-state index >= 15 is 0 Å². The SMILES string of the molecule is CC(Cl)C(=O)N1CCOc2ccccc2C1. The van der Waals surface area contributed by atoms with Gasteiger partial charge in [-0.05, 0) is 13.0 Å². The van der Waals surface area contributed by atoms with Gasteiger partial charge in [-0.25, -0.2) is 0 Å². The van der Waals surface area contributed by atoms with E-state index in [-0.39, 0.29) is 5.91 Å². The highest BCUT2D eigenvalue weighted by Gasteiger charge is 2.22. The van der Waals surface area contributed by atoms with Gasteiger partial charge in [0, 0.05) is 12.1 Å². The molecular weight excluding hydrogens is 226 g/mol. The molecule has 1 unspecified atom stereocenters. The molecular formula is C12H14ClNO2. The van der Waals surface area contributed by atoms with E-state index in [1.807, 2.05) is 24.3 Å². The van der Waals surface area contributed by atoms with Crippen molar-refractivity contribution in [2.45, 2.75) is 18.8 Å². The van der Waals surface area contributed by atoms with Crippen LogP contribution in [0.15, 0.2) is 24.3 Å². The number of alkyl halides is 1. The number of hydrogen-bond acceptors (Lipinski definition) is 2. The number of para-hydroxylation sites is 1. The average molecular weight is 240 g/mol. The summed E-state index contributed by atoms with van der Waals surface area (Å²) in [6, 6.07) is 7.77. The van der Waals surface area contributed by atoms with Crippen LogP contribution in [0, 0.1) is 0 Å². The van der Waals surface area contributed by atoms with Crippen molar-refractivity contribution in [3.8, 4) is 5.75 Å². The minimum atomic E-state index is -0.481. The van der Waals surface area contributed by atoms with Gasteiger partial charge in [0.25, 0.3) is 0 Å². The first-order valence-corrected chi connectivity index (χ1v) is 5.75. The van der Waals surface area contributed by atoms with Gasteiger partial charge in [0.15, 0.2) is 0 Å². The van der Waals surface area contributed by atoms with Gasteiger partial charge in [0.05, 0.1) is 6.54 Å². The second kappa shape index (κ2) is 4.74. The van der Waals surface area contributed by atoms with Gasteiger partial charge in [-0.15, -0.1) is 11.6 Å². The van der Waals surface area contributed by atoms with E-state index in [0.29, 0.717) is 19.7 Å². The molecule has 1 amide bonds. The molecule has 0 saturated heterocycles. The van der Waals surface area contributed by atoms with Crippen LogP contribution in [0.5, 0.6) is 5.75 Å². The average Bonchev–Trinajstić information content (AvgIpc) is 2.49. The molecule has 0 radical (unpaired) electrons. The first kappa shape index (κ1) is 11.3. The van der Waals surface area contributed by atoms with Gasteiger partial charge in [-0.2, -0.15) is 0 Å². The number of carbonyl (C=O) groups excluding carboxylic acids is 1. The molecule has 1 aliphatic heterocycles. The molecule has 0 N–H and O–H groups in total. The number of amides is 1. The normalized spacial score (nSPS) is 17.0. The quantitative estimate of drug-likeness (QED) is 0.702. The minimum absolute atomic E-state index is 0.0398. The third-order valence-electron chi connectivity index (χ3n) is 2.60. The maximum absolute atomic E-state index is 11.8. The van der Waals surface area contributed by atoms with Crippen LogP contribution >= 0.6 is 11.6 Å². The van der Waals surface area contributed by atoms with Crippen molar-refractivity contribution in [3.05, 3.63) is 29.8 Å². The molecule has 2 rings (SSSR count). The Balaban J connectivity index is 2.20. The maximum Gasteiger partial charge on any atom is 0.240 e. The number of halogens is 1. The fraction of sp³-hybridized carbons (Fsp3) is 0.417. The predicted octanol–water partition coefficient (Wildman–Crippen LogP) is 2.03. The van der Waals surface area contributed by atoms with Crippen molar-refractivity contribution in [3.63, 3.8) is 0 Å². The monoisotopic (exact) mass is 239 g/mol. The van der Waals surface area contributed by atoms with Gasteiger partial charge >= 0.3 is 0 Å². The first-order chi connectivity index (χ1) is 7.68. The van der Waals surface area contributed by atoms with Crippen LogP contribution in [0.1, 0.15) is 12.5 Å². The number of carbonyl (C=O) groups is 1. The largest absolute Gasteiger partial charge is 0.491 e. The van der Waals surface area contributed by atoms with E-state index < -0.39 is 5.38 Å². The Kier molecular flexibility index (Phi) is 3.34. The summed E-state index contributed by atoms with van der Waals surface area (Å²) in [6.07, 6.45) is 0. The fourth-order valence-corrected chi connectivity index (χ4v) is 1.90. The summed E-state index contributed by atoms with van der Waals surface area (Å²) in [4.78, 5) is 13.5. The lowest BCUT2D eigenvalue weighted by Crippen LogP contribution is -2.36. The zero-order valence-electron chi connectivity index (χ0n) is 9.15. The molecule has 3 nitrogen and oxygen atoms in total. The zero-order chi connectivity index (χ0) is 11.5. The molecule has 4 heteroatoms. The van der Waals surface area contributed by atoms with E-state index in [1.165, 1.54) is 0 Å². The van der Waals surface area contributed by atoms with Crippen LogP contribution in [0.25, 0.3) is 0 Å². The Morgan fingerprint density at radius 1 is 1.50 bits per heavy atom. The number of rotatable bonds is 1. The maximum atomic E-state index is 11.8. The standard InChI is InChI=1S/C12H14ClNO2/c1-9(13)12(15)14-6-7-16-11-5-3-2-4-10(11)8-14/h2-5,9H,6-8H2,1H3. The van der Waals surface area contributed by atoms with Crippen LogP contribution in [0.4, 0.5) is 0 Å². The molecule has 0 fully saturated rings. The number of benzene rings is 1. The number of fused-ring (bicyclic) bond motifs is 1. The predicted molar refractivity (Wildman–Crippen MR) is 62.7 cm³/mol. The summed E-state index contributed by atoms with van der Waals surface area (Å²) in [6.45, 7) is 3.38. The topological polar surface area (TPSA) is 29.5 Å². The van der Waals surface area contributed by atoms with Crippen molar-refractivity contribution in [1.82, 2.24) is 4.90 Å². The number of hydrogen-bond donors (Lipinski definition) is 0. The summed E-state index contributed by atoms with van der Waals surface area (Å²) in [5.74, 6) is 0.821. The Bertz CT molecular complexity index is 392. The lowest BCUT2D eigenvalue weighted by molar-refractivity contribution is -0.131.